The molecule has 124 valence electrons. The second-order valence-corrected chi connectivity index (χ2v) is 6.02. The summed E-state index contributed by atoms with van der Waals surface area (Å²) in [6.07, 6.45) is 11.1. The van der Waals surface area contributed by atoms with Gasteiger partial charge in [0, 0.05) is 43.1 Å². The maximum atomic E-state index is 12.7. The number of fused-ring (bicyclic) bond motifs is 1. The van der Waals surface area contributed by atoms with Gasteiger partial charge in [0.2, 0.25) is 11.7 Å². The highest BCUT2D eigenvalue weighted by molar-refractivity contribution is 5.76. The summed E-state index contributed by atoms with van der Waals surface area (Å²) < 4.78 is 3.22. The van der Waals surface area contributed by atoms with Crippen LogP contribution in [0.15, 0.2) is 42.0 Å². The summed E-state index contributed by atoms with van der Waals surface area (Å²) in [7, 11) is 0. The molecule has 1 amide bonds. The second-order valence-electron chi connectivity index (χ2n) is 6.02. The smallest absolute Gasteiger partial charge is 0.259 e. The third-order valence-corrected chi connectivity index (χ3v) is 4.47. The molecular weight excluding hydrogens is 308 g/mol. The Labute approximate surface area is 137 Å². The zero-order valence-corrected chi connectivity index (χ0v) is 13.1. The van der Waals surface area contributed by atoms with Gasteiger partial charge in [-0.2, -0.15) is 0 Å². The fraction of sp³-hybridized carbons (Fsp3) is 0.375. The van der Waals surface area contributed by atoms with Crippen LogP contribution in [0.25, 0.3) is 5.78 Å². The molecule has 4 heterocycles. The van der Waals surface area contributed by atoms with Gasteiger partial charge in [-0.15, -0.1) is 0 Å². The maximum Gasteiger partial charge on any atom is 0.259 e. The Bertz CT molecular complexity index is 910. The van der Waals surface area contributed by atoms with Crippen molar-refractivity contribution in [3.63, 3.8) is 0 Å². The molecule has 1 aliphatic rings. The first-order valence-electron chi connectivity index (χ1n) is 8.04. The molecule has 0 saturated carbocycles. The SMILES string of the molecule is O=C(Cn1ccnc1)N1CCCCC1c1cc(=O)n2ccnc2[nH]1. The largest absolute Gasteiger partial charge is 0.333 e. The normalized spacial score (nSPS) is 18.2. The average molecular weight is 326 g/mol. The van der Waals surface area contributed by atoms with Gasteiger partial charge >= 0.3 is 0 Å². The highest BCUT2D eigenvalue weighted by Crippen LogP contribution is 2.29. The van der Waals surface area contributed by atoms with Crippen molar-refractivity contribution >= 4 is 11.7 Å². The van der Waals surface area contributed by atoms with E-state index < -0.39 is 0 Å². The molecule has 4 rings (SSSR count). The van der Waals surface area contributed by atoms with Crippen LogP contribution in [0, 0.1) is 0 Å². The number of nitrogens with zero attached hydrogens (tertiary/aromatic N) is 5. The van der Waals surface area contributed by atoms with Crippen molar-refractivity contribution in [3.05, 3.63) is 53.2 Å². The van der Waals surface area contributed by atoms with Crippen molar-refractivity contribution in [2.24, 2.45) is 0 Å². The average Bonchev–Trinajstić information content (AvgIpc) is 3.26. The lowest BCUT2D eigenvalue weighted by atomic mass is 9.99. The summed E-state index contributed by atoms with van der Waals surface area (Å²) in [6, 6.07) is 1.45. The highest BCUT2D eigenvalue weighted by atomic mass is 16.2. The van der Waals surface area contributed by atoms with Crippen molar-refractivity contribution in [2.45, 2.75) is 31.8 Å². The van der Waals surface area contributed by atoms with Gasteiger partial charge in [0.05, 0.1) is 12.4 Å². The number of imidazole rings is 2. The van der Waals surface area contributed by atoms with Gasteiger partial charge < -0.3 is 14.5 Å². The minimum atomic E-state index is -0.135. The van der Waals surface area contributed by atoms with Crippen molar-refractivity contribution in [1.82, 2.24) is 28.8 Å². The molecule has 24 heavy (non-hydrogen) atoms. The Balaban J connectivity index is 1.65. The van der Waals surface area contributed by atoms with E-state index in [1.165, 1.54) is 4.40 Å². The number of hydrogen-bond donors (Lipinski definition) is 1. The molecule has 1 saturated heterocycles. The molecule has 0 aromatic carbocycles. The number of amides is 1. The van der Waals surface area contributed by atoms with Crippen molar-refractivity contribution in [3.8, 4) is 0 Å². The third-order valence-electron chi connectivity index (χ3n) is 4.47. The summed E-state index contributed by atoms with van der Waals surface area (Å²) in [5.41, 5.74) is 0.612. The highest BCUT2D eigenvalue weighted by Gasteiger charge is 2.29. The summed E-state index contributed by atoms with van der Waals surface area (Å²) in [5.74, 6) is 0.534. The molecule has 8 heteroatoms. The van der Waals surface area contributed by atoms with Gasteiger partial charge in [0.15, 0.2) is 0 Å². The van der Waals surface area contributed by atoms with E-state index in [-0.39, 0.29) is 24.1 Å². The zero-order valence-electron chi connectivity index (χ0n) is 13.1. The Kier molecular flexibility index (Phi) is 3.64. The third kappa shape index (κ3) is 2.60. The lowest BCUT2D eigenvalue weighted by Crippen LogP contribution is -2.41. The predicted octanol–water partition coefficient (Wildman–Crippen LogP) is 0.973. The molecule has 3 aromatic rings. The summed E-state index contributed by atoms with van der Waals surface area (Å²) >= 11 is 0. The fourth-order valence-corrected chi connectivity index (χ4v) is 3.30. The van der Waals surface area contributed by atoms with Crippen LogP contribution in [0.5, 0.6) is 0 Å². The molecule has 0 bridgehead atoms. The van der Waals surface area contributed by atoms with Crippen LogP contribution in [0.4, 0.5) is 0 Å². The van der Waals surface area contributed by atoms with E-state index in [0.29, 0.717) is 12.3 Å². The molecule has 1 aliphatic heterocycles. The molecule has 0 radical (unpaired) electrons. The first-order valence-corrected chi connectivity index (χ1v) is 8.04. The Hall–Kier alpha value is -2.90. The number of aromatic amines is 1. The van der Waals surface area contributed by atoms with Gasteiger partial charge in [-0.1, -0.05) is 0 Å². The van der Waals surface area contributed by atoms with E-state index in [2.05, 4.69) is 15.0 Å². The van der Waals surface area contributed by atoms with E-state index in [0.717, 1.165) is 25.0 Å². The number of likely N-dealkylation sites (tertiary alicyclic amines) is 1. The lowest BCUT2D eigenvalue weighted by molar-refractivity contribution is -0.135. The number of carbonyl (C=O) groups excluding carboxylic acids is 1. The number of nitrogens with one attached hydrogen (secondary N) is 1. The van der Waals surface area contributed by atoms with Crippen LogP contribution in [-0.2, 0) is 11.3 Å². The number of H-pyrrole nitrogens is 1. The minimum Gasteiger partial charge on any atom is -0.333 e. The molecule has 3 aromatic heterocycles. The number of aromatic nitrogens is 5. The Morgan fingerprint density at radius 1 is 1.29 bits per heavy atom. The van der Waals surface area contributed by atoms with Crippen LogP contribution in [-0.4, -0.2) is 41.3 Å². The number of piperidine rings is 1. The molecule has 1 N–H and O–H groups in total. The fourth-order valence-electron chi connectivity index (χ4n) is 3.30. The number of carbonyl (C=O) groups is 1. The maximum absolute atomic E-state index is 12.7. The predicted molar refractivity (Wildman–Crippen MR) is 86.3 cm³/mol. The topological polar surface area (TPSA) is 88.3 Å². The van der Waals surface area contributed by atoms with Crippen LogP contribution >= 0.6 is 0 Å². The van der Waals surface area contributed by atoms with Crippen LogP contribution < -0.4 is 5.56 Å². The monoisotopic (exact) mass is 326 g/mol. The molecule has 8 nitrogen and oxygen atoms in total. The van der Waals surface area contributed by atoms with Crippen molar-refractivity contribution < 1.29 is 4.79 Å². The van der Waals surface area contributed by atoms with Crippen LogP contribution in [0.3, 0.4) is 0 Å². The first-order chi connectivity index (χ1) is 11.7. The van der Waals surface area contributed by atoms with Crippen LogP contribution in [0.1, 0.15) is 31.0 Å². The Morgan fingerprint density at radius 2 is 2.21 bits per heavy atom. The molecule has 0 aliphatic carbocycles. The summed E-state index contributed by atoms with van der Waals surface area (Å²) in [6.45, 7) is 0.951. The molecule has 1 unspecified atom stereocenters. The van der Waals surface area contributed by atoms with Gasteiger partial charge in [0.1, 0.15) is 6.54 Å². The molecule has 0 spiro atoms. The number of rotatable bonds is 3. The van der Waals surface area contributed by atoms with Crippen molar-refractivity contribution in [2.75, 3.05) is 6.54 Å². The Morgan fingerprint density at radius 3 is 3.04 bits per heavy atom. The van der Waals surface area contributed by atoms with Gasteiger partial charge in [-0.25, -0.2) is 9.97 Å². The molecular formula is C16H18N6O2. The standard InChI is InChI=1S/C16H18N6O2/c23-14-9-12(19-16-18-5-8-22(14)16)13-3-1-2-6-21(13)15(24)10-20-7-4-17-11-20/h4-5,7-9,11,13H,1-3,6,10H2,(H,18,19). The van der Waals surface area contributed by atoms with Gasteiger partial charge in [-0.05, 0) is 19.3 Å². The first kappa shape index (κ1) is 14.7. The van der Waals surface area contributed by atoms with Gasteiger partial charge in [-0.3, -0.25) is 14.0 Å². The van der Waals surface area contributed by atoms with E-state index in [9.17, 15) is 9.59 Å². The van der Waals surface area contributed by atoms with E-state index in [4.69, 9.17) is 0 Å². The minimum absolute atomic E-state index is 0.0294. The number of hydrogen-bond acceptors (Lipinski definition) is 4. The molecule has 1 fully saturated rings. The van der Waals surface area contributed by atoms with E-state index in [1.807, 2.05) is 4.90 Å². The second kappa shape index (κ2) is 5.95. The van der Waals surface area contributed by atoms with Crippen molar-refractivity contribution in [1.29, 1.82) is 0 Å². The summed E-state index contributed by atoms with van der Waals surface area (Å²) in [4.78, 5) is 38.1. The van der Waals surface area contributed by atoms with Gasteiger partial charge in [0.25, 0.3) is 5.56 Å². The van der Waals surface area contributed by atoms with E-state index >= 15 is 0 Å². The zero-order chi connectivity index (χ0) is 16.5. The molecule has 1 atom stereocenters. The van der Waals surface area contributed by atoms with E-state index in [1.54, 1.807) is 41.7 Å². The summed E-state index contributed by atoms with van der Waals surface area (Å²) in [5, 5.41) is 0. The lowest BCUT2D eigenvalue weighted by Gasteiger charge is -2.35. The quantitative estimate of drug-likeness (QED) is 0.777. The van der Waals surface area contributed by atoms with Crippen LogP contribution in [0.2, 0.25) is 0 Å².